The molecule has 0 saturated carbocycles. The van der Waals surface area contributed by atoms with Crippen molar-refractivity contribution in [3.05, 3.63) is 53.4 Å². The Morgan fingerprint density at radius 2 is 2.25 bits per heavy atom. The molecule has 1 aliphatic rings. The Balaban J connectivity index is 1.36. The molecular formula is C18H23N3O3. The molecule has 24 heavy (non-hydrogen) atoms. The van der Waals surface area contributed by atoms with Crippen molar-refractivity contribution in [2.45, 2.75) is 26.5 Å². The van der Waals surface area contributed by atoms with Gasteiger partial charge in [-0.25, -0.2) is 4.79 Å². The number of carbonyl (C=O) groups excluding carboxylic acids is 1. The topological polar surface area (TPSA) is 67.6 Å². The highest BCUT2D eigenvalue weighted by Crippen LogP contribution is 2.17. The van der Waals surface area contributed by atoms with Crippen molar-refractivity contribution in [3.8, 4) is 0 Å². The second kappa shape index (κ2) is 7.97. The molecule has 3 rings (SSSR count). The van der Waals surface area contributed by atoms with Gasteiger partial charge in [-0.15, -0.1) is 0 Å². The van der Waals surface area contributed by atoms with Gasteiger partial charge in [0.2, 0.25) is 0 Å². The fraction of sp³-hybridized carbons (Fsp3) is 0.444. The lowest BCUT2D eigenvalue weighted by Gasteiger charge is -2.17. The number of hydrogen-bond donors (Lipinski definition) is 1. The molecule has 1 atom stereocenters. The summed E-state index contributed by atoms with van der Waals surface area (Å²) in [6.45, 7) is 5.03. The number of rotatable bonds is 6. The third-order valence-electron chi connectivity index (χ3n) is 4.14. The van der Waals surface area contributed by atoms with E-state index in [4.69, 9.17) is 9.26 Å². The SMILES string of the molecule is Cc1cc(CNC(=O)N2CC[C@H](COCc3ccccc3)C2)no1. The Morgan fingerprint density at radius 1 is 1.42 bits per heavy atom. The van der Waals surface area contributed by atoms with Crippen molar-refractivity contribution >= 4 is 6.03 Å². The molecule has 1 aromatic heterocycles. The third kappa shape index (κ3) is 4.58. The summed E-state index contributed by atoms with van der Waals surface area (Å²) < 4.78 is 10.8. The van der Waals surface area contributed by atoms with Gasteiger partial charge in [0.1, 0.15) is 11.5 Å². The molecule has 6 nitrogen and oxygen atoms in total. The van der Waals surface area contributed by atoms with E-state index in [0.717, 1.165) is 31.0 Å². The minimum absolute atomic E-state index is 0.0544. The quantitative estimate of drug-likeness (QED) is 0.885. The van der Waals surface area contributed by atoms with Crippen molar-refractivity contribution in [2.75, 3.05) is 19.7 Å². The van der Waals surface area contributed by atoms with Gasteiger partial charge in [0.05, 0.1) is 19.8 Å². The Hall–Kier alpha value is -2.34. The van der Waals surface area contributed by atoms with E-state index in [2.05, 4.69) is 22.6 Å². The lowest BCUT2D eigenvalue weighted by molar-refractivity contribution is 0.0897. The molecule has 0 bridgehead atoms. The largest absolute Gasteiger partial charge is 0.376 e. The minimum atomic E-state index is -0.0544. The van der Waals surface area contributed by atoms with Gasteiger partial charge in [-0.2, -0.15) is 0 Å². The van der Waals surface area contributed by atoms with Crippen LogP contribution in [0.2, 0.25) is 0 Å². The first-order chi connectivity index (χ1) is 11.7. The Morgan fingerprint density at radius 3 is 3.00 bits per heavy atom. The van der Waals surface area contributed by atoms with E-state index in [1.807, 2.05) is 36.1 Å². The van der Waals surface area contributed by atoms with E-state index in [9.17, 15) is 4.79 Å². The zero-order valence-electron chi connectivity index (χ0n) is 13.9. The molecule has 1 saturated heterocycles. The maximum Gasteiger partial charge on any atom is 0.317 e. The predicted octanol–water partition coefficient (Wildman–Crippen LogP) is 2.73. The van der Waals surface area contributed by atoms with Crippen LogP contribution in [0.25, 0.3) is 0 Å². The second-order valence-electron chi connectivity index (χ2n) is 6.19. The average molecular weight is 329 g/mol. The molecule has 0 aliphatic carbocycles. The lowest BCUT2D eigenvalue weighted by Crippen LogP contribution is -2.38. The first kappa shape index (κ1) is 16.5. The summed E-state index contributed by atoms with van der Waals surface area (Å²) in [5, 5.41) is 6.75. The van der Waals surface area contributed by atoms with E-state index in [0.29, 0.717) is 25.7 Å². The monoisotopic (exact) mass is 329 g/mol. The van der Waals surface area contributed by atoms with E-state index in [1.54, 1.807) is 0 Å². The average Bonchev–Trinajstić information content (AvgIpc) is 3.23. The lowest BCUT2D eigenvalue weighted by atomic mass is 10.1. The standard InChI is InChI=1S/C18H23N3O3/c1-14-9-17(20-24-14)10-19-18(22)21-8-7-16(11-21)13-23-12-15-5-3-2-4-6-15/h2-6,9,16H,7-8,10-13H2,1H3,(H,19,22)/t16-/m0/s1. The summed E-state index contributed by atoms with van der Waals surface area (Å²) in [5.74, 6) is 1.14. The van der Waals surface area contributed by atoms with Crippen LogP contribution in [0.4, 0.5) is 4.79 Å². The molecule has 1 aliphatic heterocycles. The smallest absolute Gasteiger partial charge is 0.317 e. The van der Waals surface area contributed by atoms with Crippen molar-refractivity contribution in [1.82, 2.24) is 15.4 Å². The first-order valence-electron chi connectivity index (χ1n) is 8.27. The van der Waals surface area contributed by atoms with Gasteiger partial charge < -0.3 is 19.5 Å². The summed E-state index contributed by atoms with van der Waals surface area (Å²) in [6, 6.07) is 11.9. The van der Waals surface area contributed by atoms with Gasteiger partial charge in [0.25, 0.3) is 0 Å². The number of nitrogens with one attached hydrogen (secondary N) is 1. The highest BCUT2D eigenvalue weighted by Gasteiger charge is 2.26. The summed E-state index contributed by atoms with van der Waals surface area (Å²) >= 11 is 0. The summed E-state index contributed by atoms with van der Waals surface area (Å²) in [6.07, 6.45) is 0.977. The Labute approximate surface area is 141 Å². The van der Waals surface area contributed by atoms with Crippen LogP contribution in [0.5, 0.6) is 0 Å². The molecule has 1 fully saturated rings. The summed E-state index contributed by atoms with van der Waals surface area (Å²) in [7, 11) is 0. The molecular weight excluding hydrogens is 306 g/mol. The molecule has 0 spiro atoms. The van der Waals surface area contributed by atoms with Gasteiger partial charge in [-0.3, -0.25) is 0 Å². The highest BCUT2D eigenvalue weighted by atomic mass is 16.5. The van der Waals surface area contributed by atoms with Crippen molar-refractivity contribution in [2.24, 2.45) is 5.92 Å². The van der Waals surface area contributed by atoms with E-state index < -0.39 is 0 Å². The number of amides is 2. The van der Waals surface area contributed by atoms with Gasteiger partial charge in [-0.05, 0) is 18.9 Å². The van der Waals surface area contributed by atoms with Crippen LogP contribution in [0.1, 0.15) is 23.4 Å². The number of aromatic nitrogens is 1. The third-order valence-corrected chi connectivity index (χ3v) is 4.14. The van der Waals surface area contributed by atoms with Crippen LogP contribution < -0.4 is 5.32 Å². The number of ether oxygens (including phenoxy) is 1. The van der Waals surface area contributed by atoms with Crippen molar-refractivity contribution < 1.29 is 14.1 Å². The fourth-order valence-electron chi connectivity index (χ4n) is 2.85. The summed E-state index contributed by atoms with van der Waals surface area (Å²) in [4.78, 5) is 14.0. The molecule has 1 N–H and O–H groups in total. The van der Waals surface area contributed by atoms with Crippen LogP contribution in [-0.2, 0) is 17.9 Å². The second-order valence-corrected chi connectivity index (χ2v) is 6.19. The highest BCUT2D eigenvalue weighted by molar-refractivity contribution is 5.74. The molecule has 6 heteroatoms. The number of urea groups is 1. The normalized spacial score (nSPS) is 17.2. The van der Waals surface area contributed by atoms with Crippen LogP contribution in [-0.4, -0.2) is 35.8 Å². The molecule has 1 aromatic carbocycles. The van der Waals surface area contributed by atoms with Gasteiger partial charge in [-0.1, -0.05) is 35.5 Å². The molecule has 2 amide bonds. The number of benzene rings is 1. The van der Waals surface area contributed by atoms with E-state index >= 15 is 0 Å². The molecule has 0 unspecified atom stereocenters. The first-order valence-corrected chi connectivity index (χ1v) is 8.27. The predicted molar refractivity (Wildman–Crippen MR) is 89.3 cm³/mol. The van der Waals surface area contributed by atoms with Crippen LogP contribution in [0.15, 0.2) is 40.9 Å². The van der Waals surface area contributed by atoms with Crippen LogP contribution >= 0.6 is 0 Å². The number of carbonyl (C=O) groups is 1. The van der Waals surface area contributed by atoms with Gasteiger partial charge >= 0.3 is 6.03 Å². The van der Waals surface area contributed by atoms with Gasteiger partial charge in [0, 0.05) is 25.1 Å². The zero-order valence-corrected chi connectivity index (χ0v) is 13.9. The van der Waals surface area contributed by atoms with Gasteiger partial charge in [0.15, 0.2) is 0 Å². The number of likely N-dealkylation sites (tertiary alicyclic amines) is 1. The number of nitrogens with zero attached hydrogens (tertiary/aromatic N) is 2. The van der Waals surface area contributed by atoms with Crippen LogP contribution in [0, 0.1) is 12.8 Å². The fourth-order valence-corrected chi connectivity index (χ4v) is 2.85. The van der Waals surface area contributed by atoms with Crippen molar-refractivity contribution in [1.29, 1.82) is 0 Å². The maximum atomic E-state index is 12.2. The number of hydrogen-bond acceptors (Lipinski definition) is 4. The number of aryl methyl sites for hydroxylation is 1. The van der Waals surface area contributed by atoms with Crippen molar-refractivity contribution in [3.63, 3.8) is 0 Å². The zero-order chi connectivity index (χ0) is 16.8. The molecule has 128 valence electrons. The van der Waals surface area contributed by atoms with E-state index in [-0.39, 0.29) is 6.03 Å². The maximum absolute atomic E-state index is 12.2. The summed E-state index contributed by atoms with van der Waals surface area (Å²) in [5.41, 5.74) is 1.91. The Kier molecular flexibility index (Phi) is 5.48. The molecule has 2 aromatic rings. The Bertz CT molecular complexity index is 657. The minimum Gasteiger partial charge on any atom is -0.376 e. The van der Waals surface area contributed by atoms with Crippen LogP contribution in [0.3, 0.4) is 0 Å². The molecule has 2 heterocycles. The van der Waals surface area contributed by atoms with E-state index in [1.165, 1.54) is 5.56 Å². The molecule has 0 radical (unpaired) electrons.